The minimum absolute atomic E-state index is 0.506. The molecule has 0 bridgehead atoms. The van der Waals surface area contributed by atoms with Crippen molar-refractivity contribution >= 4 is 17.6 Å². The maximum atomic E-state index is 4.12. The Kier molecular flexibility index (Phi) is 3.90. The maximum Gasteiger partial charge on any atom is 0.0503 e. The summed E-state index contributed by atoms with van der Waals surface area (Å²) in [4.78, 5) is 1.26. The van der Waals surface area contributed by atoms with Gasteiger partial charge in [0, 0.05) is 6.20 Å². The topological polar surface area (TPSA) is 12.9 Å². The number of aryl methyl sites for hydroxylation is 1. The average molecular weight is 193 g/mol. The van der Waals surface area contributed by atoms with E-state index in [1.165, 1.54) is 10.4 Å². The molecule has 0 N–H and O–H groups in total. The molecule has 0 aliphatic heterocycles. The second-order valence-electron chi connectivity index (χ2n) is 3.12. The van der Waals surface area contributed by atoms with Crippen LogP contribution >= 0.6 is 11.5 Å². The first-order valence-corrected chi connectivity index (χ1v) is 5.23. The lowest BCUT2D eigenvalue weighted by molar-refractivity contribution is 0.943. The van der Waals surface area contributed by atoms with E-state index in [2.05, 4.69) is 42.5 Å². The SMILES string of the molecule is C/C=C\C(C)/C=C\c1sncc1C. The fourth-order valence-electron chi connectivity index (χ4n) is 1.07. The molecule has 2 heteroatoms. The number of allylic oxidation sites excluding steroid dienone is 3. The first-order chi connectivity index (χ1) is 6.24. The Morgan fingerprint density at radius 3 is 2.77 bits per heavy atom. The molecule has 1 nitrogen and oxygen atoms in total. The van der Waals surface area contributed by atoms with Gasteiger partial charge in [0.25, 0.3) is 0 Å². The van der Waals surface area contributed by atoms with Gasteiger partial charge in [-0.25, -0.2) is 4.37 Å². The van der Waals surface area contributed by atoms with E-state index in [-0.39, 0.29) is 0 Å². The molecule has 70 valence electrons. The van der Waals surface area contributed by atoms with Crippen LogP contribution in [0.2, 0.25) is 0 Å². The Bertz CT molecular complexity index is 310. The molecule has 0 saturated heterocycles. The molecule has 1 atom stereocenters. The van der Waals surface area contributed by atoms with E-state index in [1.54, 1.807) is 11.5 Å². The van der Waals surface area contributed by atoms with Gasteiger partial charge >= 0.3 is 0 Å². The van der Waals surface area contributed by atoms with Gasteiger partial charge in [-0.3, -0.25) is 0 Å². The monoisotopic (exact) mass is 193 g/mol. The largest absolute Gasteiger partial charge is 0.200 e. The molecule has 1 heterocycles. The average Bonchev–Trinajstić information content (AvgIpc) is 2.48. The summed E-state index contributed by atoms with van der Waals surface area (Å²) in [5.74, 6) is 0.506. The first kappa shape index (κ1) is 10.2. The predicted molar refractivity (Wildman–Crippen MR) is 59.9 cm³/mol. The zero-order valence-electron chi connectivity index (χ0n) is 8.32. The zero-order chi connectivity index (χ0) is 9.68. The summed E-state index contributed by atoms with van der Waals surface area (Å²) < 4.78 is 4.12. The van der Waals surface area contributed by atoms with Crippen LogP contribution < -0.4 is 0 Å². The minimum Gasteiger partial charge on any atom is -0.200 e. The molecule has 0 aromatic carbocycles. The number of hydrogen-bond donors (Lipinski definition) is 0. The standard InChI is InChI=1S/C11H15NS/c1-4-5-9(2)6-7-11-10(3)8-12-13-11/h4-9H,1-3H3/b5-4-,7-6-. The van der Waals surface area contributed by atoms with E-state index >= 15 is 0 Å². The fraction of sp³-hybridized carbons (Fsp3) is 0.364. The van der Waals surface area contributed by atoms with Gasteiger partial charge in [-0.1, -0.05) is 25.2 Å². The van der Waals surface area contributed by atoms with Crippen molar-refractivity contribution in [3.8, 4) is 0 Å². The summed E-state index contributed by atoms with van der Waals surface area (Å²) in [5.41, 5.74) is 1.26. The van der Waals surface area contributed by atoms with Crippen LogP contribution in [0.15, 0.2) is 24.4 Å². The number of nitrogens with zero attached hydrogens (tertiary/aromatic N) is 1. The van der Waals surface area contributed by atoms with Gasteiger partial charge in [0.15, 0.2) is 0 Å². The van der Waals surface area contributed by atoms with Crippen molar-refractivity contribution in [2.45, 2.75) is 20.8 Å². The Hall–Kier alpha value is -0.890. The van der Waals surface area contributed by atoms with Crippen molar-refractivity contribution in [1.29, 1.82) is 0 Å². The van der Waals surface area contributed by atoms with Gasteiger partial charge in [-0.15, -0.1) is 0 Å². The van der Waals surface area contributed by atoms with E-state index in [4.69, 9.17) is 0 Å². The second kappa shape index (κ2) is 4.97. The van der Waals surface area contributed by atoms with Crippen LogP contribution in [0.3, 0.4) is 0 Å². The Morgan fingerprint density at radius 1 is 1.46 bits per heavy atom. The van der Waals surface area contributed by atoms with E-state index in [0.717, 1.165) is 0 Å². The summed E-state index contributed by atoms with van der Waals surface area (Å²) in [6, 6.07) is 0. The first-order valence-electron chi connectivity index (χ1n) is 4.46. The van der Waals surface area contributed by atoms with Gasteiger partial charge in [0.1, 0.15) is 0 Å². The molecule has 13 heavy (non-hydrogen) atoms. The number of aromatic nitrogens is 1. The third-order valence-corrected chi connectivity index (χ3v) is 2.70. The highest BCUT2D eigenvalue weighted by atomic mass is 32.1. The third-order valence-electron chi connectivity index (χ3n) is 1.83. The van der Waals surface area contributed by atoms with Crippen molar-refractivity contribution < 1.29 is 0 Å². The molecule has 0 spiro atoms. The number of rotatable bonds is 3. The summed E-state index contributed by atoms with van der Waals surface area (Å²) in [6.45, 7) is 6.30. The Labute approximate surface area is 84.0 Å². The normalized spacial score (nSPS) is 14.4. The molecular weight excluding hydrogens is 178 g/mol. The maximum absolute atomic E-state index is 4.12. The van der Waals surface area contributed by atoms with E-state index in [0.29, 0.717) is 5.92 Å². The van der Waals surface area contributed by atoms with Gasteiger partial charge in [0.05, 0.1) is 4.88 Å². The fourth-order valence-corrected chi connectivity index (χ4v) is 1.73. The molecule has 1 unspecified atom stereocenters. The summed E-state index contributed by atoms with van der Waals surface area (Å²) in [5, 5.41) is 0. The van der Waals surface area contributed by atoms with E-state index < -0.39 is 0 Å². The summed E-state index contributed by atoms with van der Waals surface area (Å²) in [6.07, 6.45) is 10.5. The van der Waals surface area contributed by atoms with Crippen molar-refractivity contribution in [2.75, 3.05) is 0 Å². The van der Waals surface area contributed by atoms with Crippen molar-refractivity contribution in [3.05, 3.63) is 34.9 Å². The molecule has 0 radical (unpaired) electrons. The highest BCUT2D eigenvalue weighted by molar-refractivity contribution is 7.06. The van der Waals surface area contributed by atoms with Gasteiger partial charge < -0.3 is 0 Å². The highest BCUT2D eigenvalue weighted by Gasteiger charge is 1.96. The molecule has 1 aromatic heterocycles. The molecule has 1 aromatic rings. The van der Waals surface area contributed by atoms with Gasteiger partial charge in [0.2, 0.25) is 0 Å². The molecule has 0 aliphatic carbocycles. The van der Waals surface area contributed by atoms with Crippen LogP contribution in [-0.2, 0) is 0 Å². The predicted octanol–water partition coefficient (Wildman–Crippen LogP) is 3.68. The lowest BCUT2D eigenvalue weighted by Crippen LogP contribution is -1.80. The van der Waals surface area contributed by atoms with Crippen LogP contribution in [0.25, 0.3) is 6.08 Å². The van der Waals surface area contributed by atoms with Gasteiger partial charge in [-0.05, 0) is 42.9 Å². The second-order valence-corrected chi connectivity index (χ2v) is 3.95. The van der Waals surface area contributed by atoms with Crippen molar-refractivity contribution in [3.63, 3.8) is 0 Å². The third kappa shape index (κ3) is 3.15. The lowest BCUT2D eigenvalue weighted by Gasteiger charge is -1.95. The van der Waals surface area contributed by atoms with Crippen LogP contribution in [-0.4, -0.2) is 4.37 Å². The zero-order valence-corrected chi connectivity index (χ0v) is 9.14. The quantitative estimate of drug-likeness (QED) is 0.667. The molecule has 1 rings (SSSR count). The van der Waals surface area contributed by atoms with Crippen LogP contribution in [0.1, 0.15) is 24.3 Å². The van der Waals surface area contributed by atoms with Crippen LogP contribution in [0, 0.1) is 12.8 Å². The smallest absolute Gasteiger partial charge is 0.0503 e. The molecule has 0 amide bonds. The Morgan fingerprint density at radius 2 is 2.23 bits per heavy atom. The molecular formula is C11H15NS. The molecule has 0 saturated carbocycles. The highest BCUT2D eigenvalue weighted by Crippen LogP contribution is 2.15. The minimum atomic E-state index is 0.506. The van der Waals surface area contributed by atoms with Gasteiger partial charge in [-0.2, -0.15) is 0 Å². The molecule has 0 fully saturated rings. The van der Waals surface area contributed by atoms with Crippen LogP contribution in [0.4, 0.5) is 0 Å². The van der Waals surface area contributed by atoms with E-state index in [9.17, 15) is 0 Å². The van der Waals surface area contributed by atoms with Crippen molar-refractivity contribution in [1.82, 2.24) is 4.37 Å². The Balaban J connectivity index is 2.63. The van der Waals surface area contributed by atoms with Crippen molar-refractivity contribution in [2.24, 2.45) is 5.92 Å². The summed E-state index contributed by atoms with van der Waals surface area (Å²) >= 11 is 1.55. The van der Waals surface area contributed by atoms with Crippen LogP contribution in [0.5, 0.6) is 0 Å². The molecule has 0 aliphatic rings. The number of hydrogen-bond acceptors (Lipinski definition) is 2. The van der Waals surface area contributed by atoms with E-state index in [1.807, 2.05) is 13.1 Å². The summed E-state index contributed by atoms with van der Waals surface area (Å²) in [7, 11) is 0. The lowest BCUT2D eigenvalue weighted by atomic mass is 10.1.